The molecule has 1 saturated heterocycles. The van der Waals surface area contributed by atoms with Crippen molar-refractivity contribution in [2.75, 3.05) is 37.6 Å². The van der Waals surface area contributed by atoms with Crippen molar-refractivity contribution in [2.45, 2.75) is 6.42 Å². The van der Waals surface area contributed by atoms with Gasteiger partial charge in [0.05, 0.1) is 5.52 Å². The molecule has 3 aromatic rings. The van der Waals surface area contributed by atoms with E-state index in [1.165, 1.54) is 4.57 Å². The normalized spacial score (nSPS) is 15.4. The molecule has 0 unspecified atom stereocenters. The summed E-state index contributed by atoms with van der Waals surface area (Å²) < 4.78 is 6.60. The van der Waals surface area contributed by atoms with Gasteiger partial charge in [-0.05, 0) is 24.3 Å². The molecule has 1 aromatic carbocycles. The first-order valence-electron chi connectivity index (χ1n) is 8.99. The summed E-state index contributed by atoms with van der Waals surface area (Å²) in [6.45, 7) is 4.15. The Kier molecular flexibility index (Phi) is 4.72. The lowest BCUT2D eigenvalue weighted by Gasteiger charge is -2.34. The van der Waals surface area contributed by atoms with E-state index in [2.05, 4.69) is 19.8 Å². The molecule has 0 amide bonds. The molecular weight excluding hydrogens is 346 g/mol. The van der Waals surface area contributed by atoms with E-state index in [9.17, 15) is 9.59 Å². The summed E-state index contributed by atoms with van der Waals surface area (Å²) in [6, 6.07) is 6.98. The number of hydrogen-bond acceptors (Lipinski definition) is 7. The van der Waals surface area contributed by atoms with Crippen LogP contribution >= 0.6 is 0 Å². The number of oxazole rings is 1. The highest BCUT2D eigenvalue weighted by molar-refractivity contribution is 5.98. The number of Topliss-reactive ketones (excluding diaryl/α,β-unsaturated/α-hetero) is 1. The molecule has 0 atom stereocenters. The molecule has 2 aromatic heterocycles. The zero-order chi connectivity index (χ0) is 18.8. The smallest absolute Gasteiger partial charge is 0.408 e. The maximum absolute atomic E-state index is 12.5. The number of fused-ring (bicyclic) bond motifs is 1. The van der Waals surface area contributed by atoms with E-state index in [0.29, 0.717) is 29.6 Å². The Labute approximate surface area is 156 Å². The quantitative estimate of drug-likeness (QED) is 0.629. The predicted octanol–water partition coefficient (Wildman–Crippen LogP) is 1.32. The van der Waals surface area contributed by atoms with E-state index in [1.54, 1.807) is 37.6 Å². The second-order valence-corrected chi connectivity index (χ2v) is 6.66. The van der Waals surface area contributed by atoms with E-state index in [4.69, 9.17) is 4.42 Å². The molecule has 0 bridgehead atoms. The lowest BCUT2D eigenvalue weighted by molar-refractivity contribution is 0.0962. The van der Waals surface area contributed by atoms with Crippen molar-refractivity contribution in [3.8, 4) is 0 Å². The molecular formula is C19H21N5O3. The van der Waals surface area contributed by atoms with Gasteiger partial charge in [0.1, 0.15) is 0 Å². The maximum Gasteiger partial charge on any atom is 0.419 e. The van der Waals surface area contributed by atoms with Gasteiger partial charge in [-0.25, -0.2) is 14.8 Å². The number of carbonyl (C=O) groups is 1. The third-order valence-electron chi connectivity index (χ3n) is 4.98. The molecule has 27 heavy (non-hydrogen) atoms. The fraction of sp³-hybridized carbons (Fsp3) is 0.368. The van der Waals surface area contributed by atoms with Crippen LogP contribution in [0.5, 0.6) is 0 Å². The molecule has 8 nitrogen and oxygen atoms in total. The van der Waals surface area contributed by atoms with Gasteiger partial charge in [0.15, 0.2) is 11.4 Å². The summed E-state index contributed by atoms with van der Waals surface area (Å²) in [5.74, 6) is 0.387. The second kappa shape index (κ2) is 7.32. The number of rotatable bonds is 5. The summed E-state index contributed by atoms with van der Waals surface area (Å²) in [5.41, 5.74) is 1.72. The number of aryl methyl sites for hydroxylation is 1. The Morgan fingerprint density at radius 2 is 1.89 bits per heavy atom. The SMILES string of the molecule is Cn1c(=O)oc2cc(C(=O)CCN3CCN(c4ncccn4)CC3)ccc21. The Balaban J connectivity index is 1.33. The van der Waals surface area contributed by atoms with E-state index >= 15 is 0 Å². The monoisotopic (exact) mass is 367 g/mol. The number of ketones is 1. The minimum atomic E-state index is -0.421. The topological polar surface area (TPSA) is 84.5 Å². The number of anilines is 1. The van der Waals surface area contributed by atoms with E-state index in [-0.39, 0.29) is 5.78 Å². The molecule has 4 rings (SSSR count). The molecule has 0 radical (unpaired) electrons. The van der Waals surface area contributed by atoms with Crippen molar-refractivity contribution in [2.24, 2.45) is 7.05 Å². The van der Waals surface area contributed by atoms with Crippen molar-refractivity contribution < 1.29 is 9.21 Å². The Hall–Kier alpha value is -3.00. The van der Waals surface area contributed by atoms with Gasteiger partial charge in [-0.3, -0.25) is 14.3 Å². The van der Waals surface area contributed by atoms with Crippen molar-refractivity contribution in [3.63, 3.8) is 0 Å². The number of hydrogen-bond donors (Lipinski definition) is 0. The number of aromatic nitrogens is 3. The number of nitrogens with zero attached hydrogens (tertiary/aromatic N) is 5. The average Bonchev–Trinajstić information content (AvgIpc) is 3.00. The first-order chi connectivity index (χ1) is 13.1. The van der Waals surface area contributed by atoms with Gasteiger partial charge in [-0.15, -0.1) is 0 Å². The summed E-state index contributed by atoms with van der Waals surface area (Å²) >= 11 is 0. The third kappa shape index (κ3) is 3.61. The highest BCUT2D eigenvalue weighted by Gasteiger charge is 2.19. The van der Waals surface area contributed by atoms with Gasteiger partial charge in [-0.2, -0.15) is 0 Å². The maximum atomic E-state index is 12.5. The number of piperazine rings is 1. The van der Waals surface area contributed by atoms with Crippen LogP contribution in [0.1, 0.15) is 16.8 Å². The lowest BCUT2D eigenvalue weighted by atomic mass is 10.1. The highest BCUT2D eigenvalue weighted by atomic mass is 16.4. The number of benzene rings is 1. The first-order valence-corrected chi connectivity index (χ1v) is 8.99. The van der Waals surface area contributed by atoms with Crippen LogP contribution in [0.3, 0.4) is 0 Å². The average molecular weight is 367 g/mol. The lowest BCUT2D eigenvalue weighted by Crippen LogP contribution is -2.47. The molecule has 3 heterocycles. The van der Waals surface area contributed by atoms with Gasteiger partial charge < -0.3 is 9.32 Å². The molecule has 0 saturated carbocycles. The van der Waals surface area contributed by atoms with Crippen LogP contribution in [0.2, 0.25) is 0 Å². The molecule has 1 fully saturated rings. The van der Waals surface area contributed by atoms with Gasteiger partial charge >= 0.3 is 5.76 Å². The van der Waals surface area contributed by atoms with Gasteiger partial charge in [-0.1, -0.05) is 0 Å². The largest absolute Gasteiger partial charge is 0.419 e. The molecule has 1 aliphatic rings. The molecule has 8 heteroatoms. The Morgan fingerprint density at radius 1 is 1.15 bits per heavy atom. The van der Waals surface area contributed by atoms with Crippen LogP contribution in [0.4, 0.5) is 5.95 Å². The van der Waals surface area contributed by atoms with Crippen molar-refractivity contribution in [1.82, 2.24) is 19.4 Å². The molecule has 0 spiro atoms. The summed E-state index contributed by atoms with van der Waals surface area (Å²) in [4.78, 5) is 37.1. The van der Waals surface area contributed by atoms with Crippen LogP contribution in [0.15, 0.2) is 45.9 Å². The Morgan fingerprint density at radius 3 is 2.63 bits per heavy atom. The van der Waals surface area contributed by atoms with Crippen LogP contribution in [-0.4, -0.2) is 57.9 Å². The first kappa shape index (κ1) is 17.4. The second-order valence-electron chi connectivity index (χ2n) is 6.66. The zero-order valence-corrected chi connectivity index (χ0v) is 15.2. The predicted molar refractivity (Wildman–Crippen MR) is 101 cm³/mol. The minimum absolute atomic E-state index is 0.0530. The van der Waals surface area contributed by atoms with E-state index in [0.717, 1.165) is 32.1 Å². The fourth-order valence-corrected chi connectivity index (χ4v) is 3.34. The van der Waals surface area contributed by atoms with Crippen LogP contribution in [-0.2, 0) is 7.05 Å². The molecule has 1 aliphatic heterocycles. The van der Waals surface area contributed by atoms with Crippen LogP contribution in [0.25, 0.3) is 11.1 Å². The van der Waals surface area contributed by atoms with Gasteiger partial charge in [0.25, 0.3) is 0 Å². The summed E-state index contributed by atoms with van der Waals surface area (Å²) in [7, 11) is 1.65. The minimum Gasteiger partial charge on any atom is -0.408 e. The molecule has 0 N–H and O–H groups in total. The van der Waals surface area contributed by atoms with Gasteiger partial charge in [0, 0.05) is 64.1 Å². The summed E-state index contributed by atoms with van der Waals surface area (Å²) in [5, 5.41) is 0. The van der Waals surface area contributed by atoms with Crippen molar-refractivity contribution in [3.05, 3.63) is 52.8 Å². The standard InChI is InChI=1S/C19H21N5O3/c1-22-15-4-3-14(13-17(15)27-19(22)26)16(25)5-8-23-9-11-24(12-10-23)18-20-6-2-7-21-18/h2-4,6-7,13H,5,8-12H2,1H3. The van der Waals surface area contributed by atoms with Crippen molar-refractivity contribution in [1.29, 1.82) is 0 Å². The zero-order valence-electron chi connectivity index (χ0n) is 15.2. The highest BCUT2D eigenvalue weighted by Crippen LogP contribution is 2.16. The Bertz CT molecular complexity index is 1000. The number of carbonyl (C=O) groups excluding carboxylic acids is 1. The fourth-order valence-electron chi connectivity index (χ4n) is 3.34. The van der Waals surface area contributed by atoms with E-state index < -0.39 is 5.76 Å². The summed E-state index contributed by atoms with van der Waals surface area (Å²) in [6.07, 6.45) is 3.93. The molecule has 0 aliphatic carbocycles. The van der Waals surface area contributed by atoms with Gasteiger partial charge in [0.2, 0.25) is 5.95 Å². The third-order valence-corrected chi connectivity index (χ3v) is 4.98. The van der Waals surface area contributed by atoms with Crippen molar-refractivity contribution >= 4 is 22.8 Å². The van der Waals surface area contributed by atoms with Crippen LogP contribution < -0.4 is 10.7 Å². The van der Waals surface area contributed by atoms with E-state index in [1.807, 2.05) is 6.07 Å². The van der Waals surface area contributed by atoms with Crippen LogP contribution in [0, 0.1) is 0 Å². The molecule has 140 valence electrons.